The first-order chi connectivity index (χ1) is 8.80. The lowest BCUT2D eigenvalue weighted by atomic mass is 9.74. The van der Waals surface area contributed by atoms with Gasteiger partial charge in [-0.15, -0.1) is 0 Å². The Labute approximate surface area is 107 Å². The molecule has 1 aromatic carbocycles. The number of aliphatic imine (C=N–C) groups is 1. The molecule has 0 spiro atoms. The molecule has 2 rings (SSSR count). The Bertz CT molecular complexity index is 446. The van der Waals surface area contributed by atoms with Gasteiger partial charge >= 0.3 is 0 Å². The van der Waals surface area contributed by atoms with Gasteiger partial charge in [0.05, 0.1) is 13.7 Å². The minimum Gasteiger partial charge on any atom is -0.497 e. The zero-order valence-electron chi connectivity index (χ0n) is 10.5. The highest BCUT2D eigenvalue weighted by Gasteiger charge is 2.34. The van der Waals surface area contributed by atoms with Gasteiger partial charge in [0.25, 0.3) is 0 Å². The van der Waals surface area contributed by atoms with Gasteiger partial charge in [-0.2, -0.15) is 0 Å². The van der Waals surface area contributed by atoms with Crippen molar-refractivity contribution in [2.75, 3.05) is 26.9 Å². The monoisotopic (exact) mass is 247 g/mol. The number of hydrogen-bond acceptors (Lipinski definition) is 4. The summed E-state index contributed by atoms with van der Waals surface area (Å²) in [5, 5.41) is 0. The number of nitrogens with zero attached hydrogens (tertiary/aromatic N) is 1. The molecule has 18 heavy (non-hydrogen) atoms. The third-order valence-corrected chi connectivity index (χ3v) is 3.58. The zero-order chi connectivity index (χ0) is 12.8. The number of benzene rings is 1. The Kier molecular flexibility index (Phi) is 4.13. The number of ether oxygens (including phenoxy) is 2. The average Bonchev–Trinajstić information content (AvgIpc) is 2.46. The summed E-state index contributed by atoms with van der Waals surface area (Å²) < 4.78 is 10.7. The minimum absolute atomic E-state index is 0.121. The molecule has 0 atom stereocenters. The fourth-order valence-electron chi connectivity index (χ4n) is 2.44. The van der Waals surface area contributed by atoms with Crippen molar-refractivity contribution < 1.29 is 14.3 Å². The molecule has 0 saturated carbocycles. The van der Waals surface area contributed by atoms with Crippen LogP contribution in [0.3, 0.4) is 0 Å². The van der Waals surface area contributed by atoms with Crippen LogP contribution < -0.4 is 4.74 Å². The van der Waals surface area contributed by atoms with Crippen LogP contribution in [0.25, 0.3) is 0 Å². The second-order valence-corrected chi connectivity index (χ2v) is 4.53. The lowest BCUT2D eigenvalue weighted by Gasteiger charge is -2.36. The number of rotatable bonds is 4. The van der Waals surface area contributed by atoms with E-state index in [0.29, 0.717) is 19.8 Å². The summed E-state index contributed by atoms with van der Waals surface area (Å²) >= 11 is 0. The highest BCUT2D eigenvalue weighted by Crippen LogP contribution is 2.36. The fourth-order valence-corrected chi connectivity index (χ4v) is 2.44. The van der Waals surface area contributed by atoms with Crippen LogP contribution in [0.4, 0.5) is 0 Å². The van der Waals surface area contributed by atoms with Crippen molar-refractivity contribution in [1.29, 1.82) is 0 Å². The SMILES string of the molecule is COc1cccc(C2(CN=C=O)CCOCC2)c1. The number of carbonyl (C=O) groups excluding carboxylic acids is 1. The van der Waals surface area contributed by atoms with Crippen molar-refractivity contribution in [3.63, 3.8) is 0 Å². The molecule has 1 saturated heterocycles. The summed E-state index contributed by atoms with van der Waals surface area (Å²) in [6.07, 6.45) is 3.37. The Balaban J connectivity index is 2.34. The van der Waals surface area contributed by atoms with Crippen molar-refractivity contribution >= 4 is 6.08 Å². The van der Waals surface area contributed by atoms with Gasteiger partial charge < -0.3 is 9.47 Å². The van der Waals surface area contributed by atoms with Gasteiger partial charge in [-0.05, 0) is 30.5 Å². The quantitative estimate of drug-likeness (QED) is 0.604. The molecule has 96 valence electrons. The molecule has 1 aliphatic rings. The van der Waals surface area contributed by atoms with Crippen LogP contribution in [0.2, 0.25) is 0 Å². The van der Waals surface area contributed by atoms with E-state index < -0.39 is 0 Å². The lowest BCUT2D eigenvalue weighted by Crippen LogP contribution is -2.36. The fraction of sp³-hybridized carbons (Fsp3) is 0.500. The second kappa shape index (κ2) is 5.80. The van der Waals surface area contributed by atoms with Crippen molar-refractivity contribution in [2.45, 2.75) is 18.3 Å². The molecule has 0 aromatic heterocycles. The molecule has 4 nitrogen and oxygen atoms in total. The van der Waals surface area contributed by atoms with Crippen molar-refractivity contribution in [1.82, 2.24) is 0 Å². The largest absolute Gasteiger partial charge is 0.497 e. The zero-order valence-corrected chi connectivity index (χ0v) is 10.5. The second-order valence-electron chi connectivity index (χ2n) is 4.53. The Morgan fingerprint density at radius 3 is 2.89 bits per heavy atom. The molecule has 0 N–H and O–H groups in total. The van der Waals surface area contributed by atoms with Crippen LogP contribution in [0, 0.1) is 0 Å². The highest BCUT2D eigenvalue weighted by molar-refractivity contribution is 5.37. The summed E-state index contributed by atoms with van der Waals surface area (Å²) in [5.74, 6) is 0.827. The molecule has 1 heterocycles. The van der Waals surface area contributed by atoms with Crippen LogP contribution in [-0.2, 0) is 14.9 Å². The van der Waals surface area contributed by atoms with Crippen LogP contribution >= 0.6 is 0 Å². The van der Waals surface area contributed by atoms with Crippen LogP contribution in [0.15, 0.2) is 29.3 Å². The van der Waals surface area contributed by atoms with Gasteiger partial charge in [0.15, 0.2) is 0 Å². The summed E-state index contributed by atoms with van der Waals surface area (Å²) in [4.78, 5) is 14.2. The smallest absolute Gasteiger partial charge is 0.234 e. The summed E-state index contributed by atoms with van der Waals surface area (Å²) in [7, 11) is 1.65. The van der Waals surface area contributed by atoms with E-state index in [0.717, 1.165) is 24.2 Å². The number of hydrogen-bond donors (Lipinski definition) is 0. The molecule has 0 bridgehead atoms. The van der Waals surface area contributed by atoms with Gasteiger partial charge in [0, 0.05) is 18.6 Å². The number of methoxy groups -OCH3 is 1. The van der Waals surface area contributed by atoms with Crippen LogP contribution in [-0.4, -0.2) is 32.9 Å². The molecular weight excluding hydrogens is 230 g/mol. The standard InChI is InChI=1S/C14H17NO3/c1-17-13-4-2-3-12(9-13)14(10-15-11-16)5-7-18-8-6-14/h2-4,9H,5-8,10H2,1H3. The molecule has 0 aliphatic carbocycles. The molecule has 1 aromatic rings. The van der Waals surface area contributed by atoms with Gasteiger partial charge in [-0.1, -0.05) is 12.1 Å². The molecule has 0 amide bonds. The molecule has 1 aliphatic heterocycles. The summed E-state index contributed by atoms with van der Waals surface area (Å²) in [6.45, 7) is 1.87. The van der Waals surface area contributed by atoms with E-state index in [1.54, 1.807) is 13.2 Å². The highest BCUT2D eigenvalue weighted by atomic mass is 16.5. The normalized spacial score (nSPS) is 17.8. The van der Waals surface area contributed by atoms with E-state index in [1.165, 1.54) is 0 Å². The predicted molar refractivity (Wildman–Crippen MR) is 67.7 cm³/mol. The van der Waals surface area contributed by atoms with Crippen molar-refractivity contribution in [3.05, 3.63) is 29.8 Å². The molecule has 4 heteroatoms. The Morgan fingerprint density at radius 1 is 1.44 bits per heavy atom. The van der Waals surface area contributed by atoms with Crippen LogP contribution in [0.1, 0.15) is 18.4 Å². The van der Waals surface area contributed by atoms with E-state index in [4.69, 9.17) is 9.47 Å². The van der Waals surface area contributed by atoms with Crippen molar-refractivity contribution in [3.8, 4) is 5.75 Å². The third kappa shape index (κ3) is 2.61. The van der Waals surface area contributed by atoms with E-state index in [9.17, 15) is 4.79 Å². The van der Waals surface area contributed by atoms with E-state index >= 15 is 0 Å². The first-order valence-corrected chi connectivity index (χ1v) is 6.07. The molecule has 0 radical (unpaired) electrons. The average molecular weight is 247 g/mol. The topological polar surface area (TPSA) is 47.9 Å². The maximum absolute atomic E-state index is 10.4. The van der Waals surface area contributed by atoms with Gasteiger partial charge in [0.1, 0.15) is 5.75 Å². The minimum atomic E-state index is -0.121. The molecule has 0 unspecified atom stereocenters. The van der Waals surface area contributed by atoms with Crippen LogP contribution in [0.5, 0.6) is 5.75 Å². The maximum atomic E-state index is 10.4. The molecule has 1 fully saturated rings. The maximum Gasteiger partial charge on any atom is 0.234 e. The molecular formula is C14H17NO3. The van der Waals surface area contributed by atoms with E-state index in [-0.39, 0.29) is 5.41 Å². The third-order valence-electron chi connectivity index (χ3n) is 3.58. The number of isocyanates is 1. The summed E-state index contributed by atoms with van der Waals surface area (Å²) in [6, 6.07) is 7.97. The van der Waals surface area contributed by atoms with Crippen molar-refractivity contribution in [2.24, 2.45) is 4.99 Å². The van der Waals surface area contributed by atoms with Gasteiger partial charge in [-0.25, -0.2) is 9.79 Å². The predicted octanol–water partition coefficient (Wildman–Crippen LogP) is 2.08. The Hall–Kier alpha value is -1.64. The first-order valence-electron chi connectivity index (χ1n) is 6.07. The van der Waals surface area contributed by atoms with Gasteiger partial charge in [0.2, 0.25) is 6.08 Å². The lowest BCUT2D eigenvalue weighted by molar-refractivity contribution is 0.0531. The Morgan fingerprint density at radius 2 is 2.22 bits per heavy atom. The summed E-state index contributed by atoms with van der Waals surface area (Å²) in [5.41, 5.74) is 1.04. The first kappa shape index (κ1) is 12.8. The van der Waals surface area contributed by atoms with E-state index in [1.807, 2.05) is 18.2 Å². The van der Waals surface area contributed by atoms with E-state index in [2.05, 4.69) is 11.1 Å². The van der Waals surface area contributed by atoms with Gasteiger partial charge in [-0.3, -0.25) is 0 Å².